The largest absolute Gasteiger partial charge is 0.376 e. The van der Waals surface area contributed by atoms with Gasteiger partial charge in [0.2, 0.25) is 11.8 Å². The number of para-hydroxylation sites is 1. The van der Waals surface area contributed by atoms with E-state index >= 15 is 0 Å². The number of amides is 2. The Hall–Kier alpha value is -2.31. The number of ether oxygens (including phenoxy) is 1. The Kier molecular flexibility index (Phi) is 6.52. The zero-order chi connectivity index (χ0) is 20.1. The molecule has 0 spiro atoms. The van der Waals surface area contributed by atoms with Gasteiger partial charge in [0.1, 0.15) is 0 Å². The van der Waals surface area contributed by atoms with Crippen LogP contribution in [0.5, 0.6) is 0 Å². The maximum atomic E-state index is 12.7. The predicted octanol–water partition coefficient (Wildman–Crippen LogP) is 4.47. The van der Waals surface area contributed by atoms with Gasteiger partial charge in [-0.2, -0.15) is 0 Å². The maximum Gasteiger partial charge on any atom is 0.227 e. The van der Waals surface area contributed by atoms with Gasteiger partial charge in [-0.25, -0.2) is 0 Å². The van der Waals surface area contributed by atoms with E-state index in [9.17, 15) is 9.59 Å². The van der Waals surface area contributed by atoms with Crippen molar-refractivity contribution < 1.29 is 14.3 Å². The van der Waals surface area contributed by atoms with Crippen LogP contribution in [0.15, 0.2) is 53.4 Å². The minimum Gasteiger partial charge on any atom is -0.376 e. The zero-order valence-electron chi connectivity index (χ0n) is 16.4. The van der Waals surface area contributed by atoms with Crippen LogP contribution in [0.2, 0.25) is 0 Å². The van der Waals surface area contributed by atoms with Crippen LogP contribution in [-0.2, 0) is 20.9 Å². The van der Waals surface area contributed by atoms with Crippen LogP contribution in [0.25, 0.3) is 0 Å². The lowest BCUT2D eigenvalue weighted by atomic mass is 10.2. The summed E-state index contributed by atoms with van der Waals surface area (Å²) in [6, 6.07) is 15.6. The molecule has 2 aromatic rings. The number of benzene rings is 2. The van der Waals surface area contributed by atoms with Crippen molar-refractivity contribution >= 4 is 35.0 Å². The number of nitrogens with zero attached hydrogens (tertiary/aromatic N) is 1. The minimum absolute atomic E-state index is 0.00451. The average Bonchev–Trinajstić information content (AvgIpc) is 3.56. The number of rotatable bonds is 8. The molecule has 0 atom stereocenters. The van der Waals surface area contributed by atoms with Crippen LogP contribution in [0.1, 0.15) is 31.2 Å². The van der Waals surface area contributed by atoms with Crippen molar-refractivity contribution in [2.24, 2.45) is 5.92 Å². The summed E-state index contributed by atoms with van der Waals surface area (Å²) >= 11 is 1.76. The first kappa shape index (κ1) is 20.0. The summed E-state index contributed by atoms with van der Waals surface area (Å²) in [4.78, 5) is 27.9. The summed E-state index contributed by atoms with van der Waals surface area (Å²) in [6.45, 7) is 2.06. The third-order valence-electron chi connectivity index (χ3n) is 5.13. The first-order valence-corrected chi connectivity index (χ1v) is 11.2. The van der Waals surface area contributed by atoms with Crippen LogP contribution in [0.3, 0.4) is 0 Å². The molecule has 0 unspecified atom stereocenters. The summed E-state index contributed by atoms with van der Waals surface area (Å²) < 4.78 is 5.71. The molecule has 1 fully saturated rings. The fourth-order valence-electron chi connectivity index (χ4n) is 3.37. The van der Waals surface area contributed by atoms with E-state index in [1.54, 1.807) is 16.7 Å². The molecule has 6 heteroatoms. The van der Waals surface area contributed by atoms with Gasteiger partial charge >= 0.3 is 0 Å². The molecule has 29 heavy (non-hydrogen) atoms. The van der Waals surface area contributed by atoms with Crippen LogP contribution in [0.4, 0.5) is 11.4 Å². The summed E-state index contributed by atoms with van der Waals surface area (Å²) in [5, 5.41) is 2.90. The molecule has 1 heterocycles. The van der Waals surface area contributed by atoms with Gasteiger partial charge < -0.3 is 15.0 Å². The molecular weight excluding hydrogens is 384 g/mol. The smallest absolute Gasteiger partial charge is 0.227 e. The van der Waals surface area contributed by atoms with Gasteiger partial charge in [-0.15, -0.1) is 11.8 Å². The molecule has 2 aromatic carbocycles. The van der Waals surface area contributed by atoms with E-state index in [1.807, 2.05) is 48.5 Å². The minimum atomic E-state index is -0.144. The molecule has 0 aromatic heterocycles. The number of nitrogens with one attached hydrogen (secondary N) is 1. The standard InChI is InChI=1S/C23H26N2O3S/c26-22(24-19-5-3-4-18(14-19)16-28-15-17-8-9-17)10-11-23(27)25-12-13-29-21-7-2-1-6-20(21)25/h1-7,14,17H,8-13,15-16H2,(H,24,26). The lowest BCUT2D eigenvalue weighted by molar-refractivity contribution is -0.122. The van der Waals surface area contributed by atoms with Gasteiger partial charge in [0.15, 0.2) is 0 Å². The normalized spacial score (nSPS) is 15.7. The molecule has 1 aliphatic carbocycles. The molecule has 0 radical (unpaired) electrons. The topological polar surface area (TPSA) is 58.6 Å². The first-order chi connectivity index (χ1) is 14.2. The quantitative estimate of drug-likeness (QED) is 0.698. The Morgan fingerprint density at radius 1 is 1.10 bits per heavy atom. The van der Waals surface area contributed by atoms with E-state index in [2.05, 4.69) is 5.32 Å². The van der Waals surface area contributed by atoms with E-state index in [0.29, 0.717) is 13.2 Å². The molecule has 1 aliphatic heterocycles. The Morgan fingerprint density at radius 3 is 2.83 bits per heavy atom. The summed E-state index contributed by atoms with van der Waals surface area (Å²) in [5.41, 5.74) is 2.74. The number of carbonyl (C=O) groups is 2. The van der Waals surface area contributed by atoms with Crippen molar-refractivity contribution in [3.8, 4) is 0 Å². The Balaban J connectivity index is 1.26. The van der Waals surface area contributed by atoms with E-state index in [1.165, 1.54) is 12.8 Å². The summed E-state index contributed by atoms with van der Waals surface area (Å²) in [5.74, 6) is 1.47. The molecule has 152 valence electrons. The highest BCUT2D eigenvalue weighted by molar-refractivity contribution is 7.99. The highest BCUT2D eigenvalue weighted by atomic mass is 32.2. The summed E-state index contributed by atoms with van der Waals surface area (Å²) in [6.07, 6.45) is 2.93. The van der Waals surface area contributed by atoms with E-state index in [0.717, 1.165) is 40.1 Å². The number of fused-ring (bicyclic) bond motifs is 1. The lowest BCUT2D eigenvalue weighted by Crippen LogP contribution is -2.35. The van der Waals surface area contributed by atoms with Crippen molar-refractivity contribution in [3.63, 3.8) is 0 Å². The van der Waals surface area contributed by atoms with Gasteiger partial charge in [-0.05, 0) is 48.6 Å². The van der Waals surface area contributed by atoms with Crippen molar-refractivity contribution in [1.29, 1.82) is 0 Å². The van der Waals surface area contributed by atoms with Gasteiger partial charge in [-0.1, -0.05) is 24.3 Å². The van der Waals surface area contributed by atoms with Crippen LogP contribution in [-0.4, -0.2) is 30.7 Å². The number of anilines is 2. The third-order valence-corrected chi connectivity index (χ3v) is 6.17. The molecule has 2 aliphatic rings. The first-order valence-electron chi connectivity index (χ1n) is 10.2. The molecule has 4 rings (SSSR count). The monoisotopic (exact) mass is 410 g/mol. The molecule has 0 saturated heterocycles. The second kappa shape index (κ2) is 9.46. The number of carbonyl (C=O) groups excluding carboxylic acids is 2. The van der Waals surface area contributed by atoms with Crippen molar-refractivity contribution in [3.05, 3.63) is 54.1 Å². The van der Waals surface area contributed by atoms with Crippen LogP contribution >= 0.6 is 11.8 Å². The number of thioether (sulfide) groups is 1. The van der Waals surface area contributed by atoms with E-state index in [-0.39, 0.29) is 24.7 Å². The van der Waals surface area contributed by atoms with Crippen molar-refractivity contribution in [2.75, 3.05) is 29.1 Å². The number of hydrogen-bond donors (Lipinski definition) is 1. The highest BCUT2D eigenvalue weighted by Gasteiger charge is 2.23. The van der Waals surface area contributed by atoms with Crippen LogP contribution in [0, 0.1) is 5.92 Å². The highest BCUT2D eigenvalue weighted by Crippen LogP contribution is 2.34. The molecule has 2 amide bonds. The van der Waals surface area contributed by atoms with Gasteiger partial charge in [0.05, 0.1) is 12.3 Å². The second-order valence-electron chi connectivity index (χ2n) is 7.57. The Morgan fingerprint density at radius 2 is 1.97 bits per heavy atom. The average molecular weight is 411 g/mol. The Bertz CT molecular complexity index is 882. The fraction of sp³-hybridized carbons (Fsp3) is 0.391. The summed E-state index contributed by atoms with van der Waals surface area (Å²) in [7, 11) is 0. The molecule has 1 saturated carbocycles. The molecule has 0 bridgehead atoms. The molecular formula is C23H26N2O3S. The zero-order valence-corrected chi connectivity index (χ0v) is 17.2. The Labute approximate surface area is 175 Å². The van der Waals surface area contributed by atoms with E-state index < -0.39 is 0 Å². The van der Waals surface area contributed by atoms with Crippen molar-refractivity contribution in [2.45, 2.75) is 37.2 Å². The molecule has 5 nitrogen and oxygen atoms in total. The predicted molar refractivity (Wildman–Crippen MR) is 116 cm³/mol. The van der Waals surface area contributed by atoms with Gasteiger partial charge in [0, 0.05) is 42.3 Å². The SMILES string of the molecule is O=C(CCC(=O)N1CCSc2ccccc21)Nc1cccc(COCC2CC2)c1. The van der Waals surface area contributed by atoms with E-state index in [4.69, 9.17) is 4.74 Å². The maximum absolute atomic E-state index is 12.7. The third kappa shape index (κ3) is 5.61. The van der Waals surface area contributed by atoms with Gasteiger partial charge in [-0.3, -0.25) is 9.59 Å². The second-order valence-corrected chi connectivity index (χ2v) is 8.71. The fourth-order valence-corrected chi connectivity index (χ4v) is 4.37. The van der Waals surface area contributed by atoms with Gasteiger partial charge in [0.25, 0.3) is 0 Å². The van der Waals surface area contributed by atoms with Crippen molar-refractivity contribution in [1.82, 2.24) is 0 Å². The van der Waals surface area contributed by atoms with Crippen LogP contribution < -0.4 is 10.2 Å². The number of hydrogen-bond acceptors (Lipinski definition) is 4. The molecule has 1 N–H and O–H groups in total. The lowest BCUT2D eigenvalue weighted by Gasteiger charge is -2.29.